The minimum absolute atomic E-state index is 0.0576. The van der Waals surface area contributed by atoms with E-state index < -0.39 is 0 Å². The van der Waals surface area contributed by atoms with Gasteiger partial charge in [-0.15, -0.1) is 5.10 Å². The fourth-order valence-electron chi connectivity index (χ4n) is 3.15. The fourth-order valence-corrected chi connectivity index (χ4v) is 3.15. The van der Waals surface area contributed by atoms with Crippen LogP contribution in [0.25, 0.3) is 22.6 Å². The molecule has 0 aromatic carbocycles. The van der Waals surface area contributed by atoms with Gasteiger partial charge in [0.25, 0.3) is 0 Å². The molecular formula is C16H17N10+. The summed E-state index contributed by atoms with van der Waals surface area (Å²) in [5.74, 6) is 1.02. The van der Waals surface area contributed by atoms with E-state index in [2.05, 4.69) is 37.2 Å². The summed E-state index contributed by atoms with van der Waals surface area (Å²) in [4.78, 5) is 16.8. The summed E-state index contributed by atoms with van der Waals surface area (Å²) >= 11 is 0. The van der Waals surface area contributed by atoms with Crippen LogP contribution in [-0.2, 0) is 7.05 Å². The highest BCUT2D eigenvalue weighted by atomic mass is 15.5. The molecule has 3 aromatic heterocycles. The lowest BCUT2D eigenvalue weighted by Crippen LogP contribution is -3.11. The Hall–Kier alpha value is -3.40. The molecule has 0 saturated heterocycles. The summed E-state index contributed by atoms with van der Waals surface area (Å²) in [5.41, 5.74) is 2.84. The third-order valence-electron chi connectivity index (χ3n) is 4.62. The average molecular weight is 349 g/mol. The normalized spacial score (nSPS) is 19.8. The Morgan fingerprint density at radius 3 is 3.04 bits per heavy atom. The maximum atomic E-state index is 4.73. The summed E-state index contributed by atoms with van der Waals surface area (Å²) in [6, 6.07) is 0. The van der Waals surface area contributed by atoms with E-state index in [1.54, 1.807) is 21.8 Å². The first kappa shape index (κ1) is 14.9. The standard InChI is InChI=1S/C16H16N10/c1-11(24-5-3-14-17-4-6-25(14)10-24)26-16-15(21-22-26)18-8-13(20-16)12-7-19-23(2)9-12/h3-9,11H,10H2,1-2H3/p+1/t11-/m0/s1. The third kappa shape index (κ3) is 2.30. The number of aromatic nitrogens is 7. The Bertz CT molecular complexity index is 1070. The van der Waals surface area contributed by atoms with Crippen molar-refractivity contribution in [3.8, 4) is 11.3 Å². The monoisotopic (exact) mass is 349 g/mol. The van der Waals surface area contributed by atoms with Gasteiger partial charge in [0.1, 0.15) is 12.4 Å². The molecule has 5 heterocycles. The van der Waals surface area contributed by atoms with Crippen molar-refractivity contribution in [2.75, 3.05) is 6.67 Å². The number of aliphatic imine (C=N–C) groups is 1. The number of quaternary nitrogens is 1. The molecule has 0 fully saturated rings. The van der Waals surface area contributed by atoms with E-state index in [1.807, 2.05) is 37.9 Å². The van der Waals surface area contributed by atoms with Gasteiger partial charge in [-0.3, -0.25) is 4.68 Å². The second kappa shape index (κ2) is 5.56. The number of fused-ring (bicyclic) bond motifs is 2. The van der Waals surface area contributed by atoms with Gasteiger partial charge in [-0.05, 0) is 6.92 Å². The van der Waals surface area contributed by atoms with Crippen molar-refractivity contribution in [3.63, 3.8) is 0 Å². The van der Waals surface area contributed by atoms with Crippen LogP contribution in [-0.4, -0.2) is 52.1 Å². The van der Waals surface area contributed by atoms with Crippen LogP contribution in [0.2, 0.25) is 0 Å². The van der Waals surface area contributed by atoms with E-state index in [0.29, 0.717) is 11.3 Å². The maximum absolute atomic E-state index is 4.73. The van der Waals surface area contributed by atoms with Crippen LogP contribution in [0.1, 0.15) is 13.1 Å². The van der Waals surface area contributed by atoms with E-state index in [-0.39, 0.29) is 6.17 Å². The van der Waals surface area contributed by atoms with E-state index >= 15 is 0 Å². The number of aryl methyl sites for hydroxylation is 1. The highest BCUT2D eigenvalue weighted by molar-refractivity contribution is 5.87. The van der Waals surface area contributed by atoms with Gasteiger partial charge >= 0.3 is 0 Å². The summed E-state index contributed by atoms with van der Waals surface area (Å²) < 4.78 is 3.54. The zero-order chi connectivity index (χ0) is 17.7. The van der Waals surface area contributed by atoms with Crippen molar-refractivity contribution in [1.82, 2.24) is 39.6 Å². The Kier molecular flexibility index (Phi) is 3.19. The lowest BCUT2D eigenvalue weighted by atomic mass is 10.3. The molecule has 0 amide bonds. The second-order valence-corrected chi connectivity index (χ2v) is 6.31. The molecule has 1 N–H and O–H groups in total. The summed E-state index contributed by atoms with van der Waals surface area (Å²) in [6.45, 7) is 2.84. The summed E-state index contributed by atoms with van der Waals surface area (Å²) in [6.07, 6.45) is 13.2. The van der Waals surface area contributed by atoms with Gasteiger partial charge < -0.3 is 4.90 Å². The van der Waals surface area contributed by atoms with Crippen LogP contribution in [0.15, 0.2) is 48.3 Å². The molecule has 0 spiro atoms. The SMILES string of the molecule is C[C@@H](N1C=CC2=NC=C[NH+]2C1)n1nnc2ncc(-c3cnn(C)c3)nc21. The molecule has 2 aliphatic heterocycles. The number of hydrogen-bond donors (Lipinski definition) is 1. The van der Waals surface area contributed by atoms with Gasteiger partial charge in [0.05, 0.1) is 24.3 Å². The van der Waals surface area contributed by atoms with Crippen LogP contribution < -0.4 is 4.90 Å². The summed E-state index contributed by atoms with van der Waals surface area (Å²) in [5, 5.41) is 12.6. The lowest BCUT2D eigenvalue weighted by Gasteiger charge is -2.31. The molecule has 0 radical (unpaired) electrons. The van der Waals surface area contributed by atoms with Crippen LogP contribution in [0.4, 0.5) is 0 Å². The Balaban J connectivity index is 1.51. The third-order valence-corrected chi connectivity index (χ3v) is 4.62. The minimum Gasteiger partial charge on any atom is -0.309 e. The average Bonchev–Trinajstić information content (AvgIpc) is 3.38. The van der Waals surface area contributed by atoms with Crippen LogP contribution in [0.3, 0.4) is 0 Å². The van der Waals surface area contributed by atoms with E-state index in [0.717, 1.165) is 23.8 Å². The predicted octanol–water partition coefficient (Wildman–Crippen LogP) is -0.305. The molecule has 2 atom stereocenters. The molecule has 0 aliphatic carbocycles. The first-order chi connectivity index (χ1) is 12.7. The summed E-state index contributed by atoms with van der Waals surface area (Å²) in [7, 11) is 1.87. The first-order valence-corrected chi connectivity index (χ1v) is 8.30. The van der Waals surface area contributed by atoms with Crippen LogP contribution >= 0.6 is 0 Å². The Morgan fingerprint density at radius 1 is 1.27 bits per heavy atom. The quantitative estimate of drug-likeness (QED) is 0.697. The van der Waals surface area contributed by atoms with Crippen molar-refractivity contribution in [3.05, 3.63) is 43.3 Å². The van der Waals surface area contributed by atoms with Crippen molar-refractivity contribution in [2.45, 2.75) is 13.1 Å². The van der Waals surface area contributed by atoms with Gasteiger partial charge in [0.2, 0.25) is 17.1 Å². The zero-order valence-electron chi connectivity index (χ0n) is 14.4. The Labute approximate surface area is 148 Å². The zero-order valence-corrected chi connectivity index (χ0v) is 14.4. The van der Waals surface area contributed by atoms with Crippen LogP contribution in [0, 0.1) is 0 Å². The van der Waals surface area contributed by atoms with Gasteiger partial charge in [-0.2, -0.15) is 10.1 Å². The van der Waals surface area contributed by atoms with Gasteiger partial charge in [0.15, 0.2) is 6.67 Å². The first-order valence-electron chi connectivity index (χ1n) is 8.30. The van der Waals surface area contributed by atoms with E-state index in [4.69, 9.17) is 4.98 Å². The van der Waals surface area contributed by atoms with Crippen molar-refractivity contribution in [2.24, 2.45) is 12.0 Å². The highest BCUT2D eigenvalue weighted by Crippen LogP contribution is 2.21. The molecule has 130 valence electrons. The molecule has 10 nitrogen and oxygen atoms in total. The Morgan fingerprint density at radius 2 is 2.19 bits per heavy atom. The number of rotatable bonds is 3. The highest BCUT2D eigenvalue weighted by Gasteiger charge is 2.28. The molecule has 0 saturated carbocycles. The molecule has 1 unspecified atom stereocenters. The molecule has 10 heteroatoms. The topological polar surface area (TPSA) is 94.4 Å². The molecule has 0 bridgehead atoms. The molecular weight excluding hydrogens is 332 g/mol. The molecule has 3 aromatic rings. The predicted molar refractivity (Wildman–Crippen MR) is 93.4 cm³/mol. The largest absolute Gasteiger partial charge is 0.309 e. The van der Waals surface area contributed by atoms with Crippen molar-refractivity contribution < 1.29 is 4.90 Å². The smallest absolute Gasteiger partial charge is 0.233 e. The number of hydrogen-bond acceptors (Lipinski definition) is 7. The second-order valence-electron chi connectivity index (χ2n) is 6.31. The van der Waals surface area contributed by atoms with Gasteiger partial charge in [-0.25, -0.2) is 19.5 Å². The number of amidine groups is 1. The minimum atomic E-state index is -0.0576. The van der Waals surface area contributed by atoms with E-state index in [9.17, 15) is 0 Å². The molecule has 26 heavy (non-hydrogen) atoms. The van der Waals surface area contributed by atoms with Crippen molar-refractivity contribution in [1.29, 1.82) is 0 Å². The number of nitrogens with zero attached hydrogens (tertiary/aromatic N) is 9. The van der Waals surface area contributed by atoms with E-state index in [1.165, 1.54) is 4.90 Å². The maximum Gasteiger partial charge on any atom is 0.233 e. The fraction of sp³-hybridized carbons (Fsp3) is 0.250. The lowest BCUT2D eigenvalue weighted by molar-refractivity contribution is -0.759. The molecule has 2 aliphatic rings. The number of nitrogens with one attached hydrogen (secondary N) is 1. The van der Waals surface area contributed by atoms with Crippen molar-refractivity contribution >= 4 is 17.1 Å². The van der Waals surface area contributed by atoms with Crippen LogP contribution in [0.5, 0.6) is 0 Å². The van der Waals surface area contributed by atoms with Gasteiger partial charge in [0, 0.05) is 31.1 Å². The van der Waals surface area contributed by atoms with Gasteiger partial charge in [-0.1, -0.05) is 5.21 Å². The molecule has 5 rings (SSSR count).